The van der Waals surface area contributed by atoms with Crippen LogP contribution in [0.15, 0.2) is 77.5 Å². The third-order valence-electron chi connectivity index (χ3n) is 5.33. The van der Waals surface area contributed by atoms with E-state index in [1.165, 1.54) is 12.4 Å². The Balaban J connectivity index is 1.54. The molecule has 35 heavy (non-hydrogen) atoms. The molecule has 0 atom stereocenters. The number of amides is 1. The molecule has 0 spiro atoms. The van der Waals surface area contributed by atoms with E-state index in [4.69, 9.17) is 10.5 Å². The molecule has 0 fully saturated rings. The molecule has 0 saturated heterocycles. The van der Waals surface area contributed by atoms with Crippen molar-refractivity contribution in [2.45, 2.75) is 20.4 Å². The number of pyridine rings is 1. The monoisotopic (exact) mass is 472 g/mol. The zero-order valence-corrected chi connectivity index (χ0v) is 19.7. The summed E-state index contributed by atoms with van der Waals surface area (Å²) in [7, 11) is 0. The van der Waals surface area contributed by atoms with Crippen molar-refractivity contribution in [1.29, 1.82) is 0 Å². The van der Waals surface area contributed by atoms with Gasteiger partial charge < -0.3 is 25.8 Å². The van der Waals surface area contributed by atoms with E-state index in [2.05, 4.69) is 20.4 Å². The fourth-order valence-corrected chi connectivity index (χ4v) is 3.66. The second-order valence-corrected chi connectivity index (χ2v) is 8.09. The Labute approximate surface area is 202 Å². The molecule has 0 aliphatic rings. The Hall–Kier alpha value is -4.37. The number of allylic oxidation sites excluding steroid dienone is 4. The summed E-state index contributed by atoms with van der Waals surface area (Å²) in [5.41, 5.74) is 9.09. The Morgan fingerprint density at radius 1 is 1.31 bits per heavy atom. The van der Waals surface area contributed by atoms with Crippen molar-refractivity contribution in [2.24, 2.45) is 5.73 Å². The fraction of sp³-hybridized carbons (Fsp3) is 0.192. The molecule has 1 aromatic carbocycles. The van der Waals surface area contributed by atoms with Gasteiger partial charge in [-0.1, -0.05) is 29.9 Å². The Bertz CT molecular complexity index is 1460. The van der Waals surface area contributed by atoms with Crippen molar-refractivity contribution in [1.82, 2.24) is 19.7 Å². The van der Waals surface area contributed by atoms with Gasteiger partial charge in [0.25, 0.3) is 11.5 Å². The van der Waals surface area contributed by atoms with Crippen LogP contribution in [0.1, 0.15) is 24.2 Å². The van der Waals surface area contributed by atoms with Crippen LogP contribution < -0.4 is 21.3 Å². The SMILES string of the molecule is C/C=C\C=C(/C)Cn1cc(C(=O)Nc2c[nH]c(=O)c(-c3cc4c(OCCN)cccc4[nH]3)c2)cn1. The van der Waals surface area contributed by atoms with Crippen molar-refractivity contribution < 1.29 is 9.53 Å². The molecule has 0 radical (unpaired) electrons. The normalized spacial score (nSPS) is 11.9. The second kappa shape index (κ2) is 10.7. The summed E-state index contributed by atoms with van der Waals surface area (Å²) in [5, 5.41) is 7.94. The number of fused-ring (bicyclic) bond motifs is 1. The number of nitrogens with zero attached hydrogens (tertiary/aromatic N) is 2. The Kier molecular flexibility index (Phi) is 7.27. The van der Waals surface area contributed by atoms with Gasteiger partial charge in [-0.2, -0.15) is 5.10 Å². The zero-order chi connectivity index (χ0) is 24.8. The maximum absolute atomic E-state index is 12.8. The number of benzene rings is 1. The highest BCUT2D eigenvalue weighted by Gasteiger charge is 2.14. The third kappa shape index (κ3) is 5.59. The van der Waals surface area contributed by atoms with E-state index < -0.39 is 0 Å². The Morgan fingerprint density at radius 2 is 2.17 bits per heavy atom. The maximum atomic E-state index is 12.8. The molecule has 0 aliphatic carbocycles. The molecule has 5 N–H and O–H groups in total. The number of anilines is 1. The van der Waals surface area contributed by atoms with E-state index in [1.54, 1.807) is 16.9 Å². The number of hydrogen-bond acceptors (Lipinski definition) is 5. The number of carbonyl (C=O) groups is 1. The van der Waals surface area contributed by atoms with Crippen molar-refractivity contribution in [2.75, 3.05) is 18.5 Å². The molecule has 1 amide bonds. The summed E-state index contributed by atoms with van der Waals surface area (Å²) in [5.74, 6) is 0.364. The van der Waals surface area contributed by atoms with E-state index in [0.29, 0.717) is 48.0 Å². The van der Waals surface area contributed by atoms with Crippen LogP contribution in [0.3, 0.4) is 0 Å². The van der Waals surface area contributed by atoms with Crippen molar-refractivity contribution in [3.8, 4) is 17.0 Å². The lowest BCUT2D eigenvalue weighted by molar-refractivity contribution is 0.102. The highest BCUT2D eigenvalue weighted by molar-refractivity contribution is 6.04. The smallest absolute Gasteiger partial charge is 0.258 e. The van der Waals surface area contributed by atoms with Crippen LogP contribution in [-0.2, 0) is 6.54 Å². The third-order valence-corrected chi connectivity index (χ3v) is 5.33. The van der Waals surface area contributed by atoms with Crippen molar-refractivity contribution in [3.05, 3.63) is 88.6 Å². The first-order valence-corrected chi connectivity index (χ1v) is 11.3. The minimum absolute atomic E-state index is 0.282. The first-order valence-electron chi connectivity index (χ1n) is 11.3. The Morgan fingerprint density at radius 3 is 2.97 bits per heavy atom. The molecule has 4 aromatic rings. The average Bonchev–Trinajstić information content (AvgIpc) is 3.50. The van der Waals surface area contributed by atoms with Gasteiger partial charge in [0.2, 0.25) is 0 Å². The van der Waals surface area contributed by atoms with E-state index >= 15 is 0 Å². The summed E-state index contributed by atoms with van der Waals surface area (Å²) < 4.78 is 7.42. The molecule has 0 aliphatic heterocycles. The summed E-state index contributed by atoms with van der Waals surface area (Å²) in [6.07, 6.45) is 10.6. The number of nitrogens with two attached hydrogens (primary N) is 1. The van der Waals surface area contributed by atoms with Gasteiger partial charge in [0, 0.05) is 29.8 Å². The second-order valence-electron chi connectivity index (χ2n) is 8.09. The largest absolute Gasteiger partial charge is 0.492 e. The zero-order valence-electron chi connectivity index (χ0n) is 19.7. The molecule has 3 heterocycles. The van der Waals surface area contributed by atoms with Crippen LogP contribution in [0.5, 0.6) is 5.75 Å². The molecule has 0 unspecified atom stereocenters. The lowest BCUT2D eigenvalue weighted by atomic mass is 10.1. The molecular weight excluding hydrogens is 444 g/mol. The number of aromatic amines is 2. The molecule has 3 aromatic heterocycles. The van der Waals surface area contributed by atoms with Gasteiger partial charge >= 0.3 is 0 Å². The number of aromatic nitrogens is 4. The minimum Gasteiger partial charge on any atom is -0.492 e. The average molecular weight is 473 g/mol. The molecule has 9 nitrogen and oxygen atoms in total. The van der Waals surface area contributed by atoms with Gasteiger partial charge in [0.1, 0.15) is 12.4 Å². The fourth-order valence-electron chi connectivity index (χ4n) is 3.66. The topological polar surface area (TPSA) is 131 Å². The van der Waals surface area contributed by atoms with Crippen molar-refractivity contribution in [3.63, 3.8) is 0 Å². The van der Waals surface area contributed by atoms with Gasteiger partial charge in [-0.3, -0.25) is 14.3 Å². The van der Waals surface area contributed by atoms with Gasteiger partial charge in [-0.05, 0) is 38.1 Å². The van der Waals surface area contributed by atoms with Crippen LogP contribution in [0, 0.1) is 0 Å². The summed E-state index contributed by atoms with van der Waals surface area (Å²) in [6, 6.07) is 9.12. The molecule has 4 rings (SSSR count). The van der Waals surface area contributed by atoms with Crippen LogP contribution in [0.4, 0.5) is 5.69 Å². The van der Waals surface area contributed by atoms with E-state index in [0.717, 1.165) is 16.5 Å². The quantitative estimate of drug-likeness (QED) is 0.275. The van der Waals surface area contributed by atoms with Gasteiger partial charge in [0.05, 0.1) is 35.2 Å². The predicted octanol–water partition coefficient (Wildman–Crippen LogP) is 3.83. The number of hydrogen-bond donors (Lipinski definition) is 4. The summed E-state index contributed by atoms with van der Waals surface area (Å²) >= 11 is 0. The molecule has 0 saturated carbocycles. The number of H-pyrrole nitrogens is 2. The molecule has 9 heteroatoms. The van der Waals surface area contributed by atoms with Crippen LogP contribution in [0.2, 0.25) is 0 Å². The number of nitrogens with one attached hydrogen (secondary N) is 3. The first-order chi connectivity index (χ1) is 17.0. The molecular formula is C26H28N6O3. The number of carbonyl (C=O) groups excluding carboxylic acids is 1. The van der Waals surface area contributed by atoms with E-state index in [9.17, 15) is 9.59 Å². The van der Waals surface area contributed by atoms with Crippen LogP contribution in [0.25, 0.3) is 22.2 Å². The van der Waals surface area contributed by atoms with Gasteiger partial charge in [-0.15, -0.1) is 0 Å². The lowest BCUT2D eigenvalue weighted by Gasteiger charge is -2.05. The minimum atomic E-state index is -0.321. The van der Waals surface area contributed by atoms with Crippen LogP contribution >= 0.6 is 0 Å². The molecule has 180 valence electrons. The summed E-state index contributed by atoms with van der Waals surface area (Å²) in [6.45, 7) is 5.33. The first kappa shape index (κ1) is 23.8. The maximum Gasteiger partial charge on any atom is 0.258 e. The van der Waals surface area contributed by atoms with E-state index in [1.807, 2.05) is 56.3 Å². The number of ether oxygens (including phenoxy) is 1. The number of rotatable bonds is 9. The highest BCUT2D eigenvalue weighted by Crippen LogP contribution is 2.30. The van der Waals surface area contributed by atoms with Gasteiger partial charge in [-0.25, -0.2) is 0 Å². The van der Waals surface area contributed by atoms with E-state index in [-0.39, 0.29) is 11.5 Å². The summed E-state index contributed by atoms with van der Waals surface area (Å²) in [4.78, 5) is 31.3. The molecule has 0 bridgehead atoms. The standard InChI is InChI=1S/C26H28N6O3/c1-3-4-6-17(2)15-32-16-18(13-29-32)25(33)30-19-11-21(26(34)28-14-19)23-12-20-22(31-23)7-5-8-24(20)35-10-9-27/h3-8,11-14,16,31H,9-10,15,27H2,1-2H3,(H,28,34)(H,30,33)/b4-3-,17-6+. The predicted molar refractivity (Wildman–Crippen MR) is 138 cm³/mol. The van der Waals surface area contributed by atoms with Crippen LogP contribution in [-0.4, -0.2) is 38.8 Å². The lowest BCUT2D eigenvalue weighted by Crippen LogP contribution is -2.15. The van der Waals surface area contributed by atoms with Gasteiger partial charge in [0.15, 0.2) is 0 Å². The highest BCUT2D eigenvalue weighted by atomic mass is 16.5. The van der Waals surface area contributed by atoms with Crippen molar-refractivity contribution >= 4 is 22.5 Å².